The van der Waals surface area contributed by atoms with Gasteiger partial charge in [0.25, 0.3) is 0 Å². The van der Waals surface area contributed by atoms with Crippen LogP contribution in [0.1, 0.15) is 36.5 Å². The first-order chi connectivity index (χ1) is 11.1. The Balaban J connectivity index is 2.05. The first-order valence-corrected chi connectivity index (χ1v) is 7.49. The maximum absolute atomic E-state index is 12.2. The van der Waals surface area contributed by atoms with E-state index in [1.165, 1.54) is 7.11 Å². The van der Waals surface area contributed by atoms with Crippen LogP contribution in [-0.2, 0) is 19.1 Å². The van der Waals surface area contributed by atoms with Crippen molar-refractivity contribution in [1.29, 1.82) is 0 Å². The van der Waals surface area contributed by atoms with Crippen LogP contribution < -0.4 is 0 Å². The van der Waals surface area contributed by atoms with Gasteiger partial charge < -0.3 is 9.47 Å². The highest BCUT2D eigenvalue weighted by molar-refractivity contribution is 5.81. The molecule has 0 fully saturated rings. The molecule has 2 rings (SSSR count). The van der Waals surface area contributed by atoms with Crippen LogP contribution in [0.15, 0.2) is 60.7 Å². The Morgan fingerprint density at radius 2 is 1.43 bits per heavy atom. The maximum atomic E-state index is 12.2. The Hall–Kier alpha value is -2.62. The van der Waals surface area contributed by atoms with Crippen LogP contribution >= 0.6 is 0 Å². The van der Waals surface area contributed by atoms with Crippen molar-refractivity contribution >= 4 is 11.9 Å². The molecule has 120 valence electrons. The Kier molecular flexibility index (Phi) is 5.92. The second-order valence-electron chi connectivity index (χ2n) is 5.32. The zero-order chi connectivity index (χ0) is 16.7. The van der Waals surface area contributed by atoms with Crippen LogP contribution in [0.2, 0.25) is 0 Å². The molecule has 0 saturated carbocycles. The summed E-state index contributed by atoms with van der Waals surface area (Å²) in [5.74, 6) is -1.00. The van der Waals surface area contributed by atoms with Gasteiger partial charge >= 0.3 is 11.9 Å². The van der Waals surface area contributed by atoms with Gasteiger partial charge in [0.2, 0.25) is 6.10 Å². The summed E-state index contributed by atoms with van der Waals surface area (Å²) in [6.07, 6.45) is -0.832. The molecule has 0 aromatic heterocycles. The van der Waals surface area contributed by atoms with E-state index in [9.17, 15) is 9.59 Å². The highest BCUT2D eigenvalue weighted by atomic mass is 16.6. The van der Waals surface area contributed by atoms with Crippen LogP contribution in [0, 0.1) is 0 Å². The van der Waals surface area contributed by atoms with Crippen LogP contribution in [-0.4, -0.2) is 19.0 Å². The number of benzene rings is 2. The van der Waals surface area contributed by atoms with E-state index in [-0.39, 0.29) is 12.3 Å². The molecule has 0 amide bonds. The van der Waals surface area contributed by atoms with Gasteiger partial charge in [-0.2, -0.15) is 0 Å². The van der Waals surface area contributed by atoms with Gasteiger partial charge in [-0.25, -0.2) is 4.79 Å². The van der Waals surface area contributed by atoms with Crippen molar-refractivity contribution in [2.45, 2.75) is 25.4 Å². The molecule has 0 aliphatic heterocycles. The molecule has 4 nitrogen and oxygen atoms in total. The minimum Gasteiger partial charge on any atom is -0.466 e. The summed E-state index contributed by atoms with van der Waals surface area (Å²) in [5, 5.41) is 0. The Labute approximate surface area is 136 Å². The van der Waals surface area contributed by atoms with Gasteiger partial charge in [0.05, 0.1) is 13.5 Å². The van der Waals surface area contributed by atoms with Crippen LogP contribution in [0.3, 0.4) is 0 Å². The fourth-order valence-electron chi connectivity index (χ4n) is 2.32. The smallest absolute Gasteiger partial charge is 0.351 e. The van der Waals surface area contributed by atoms with E-state index in [0.29, 0.717) is 5.56 Å². The molecule has 0 unspecified atom stereocenters. The fraction of sp³-hybridized carbons (Fsp3) is 0.263. The van der Waals surface area contributed by atoms with Crippen molar-refractivity contribution in [1.82, 2.24) is 0 Å². The normalized spacial score (nSPS) is 13.0. The van der Waals surface area contributed by atoms with Crippen LogP contribution in [0.5, 0.6) is 0 Å². The summed E-state index contributed by atoms with van der Waals surface area (Å²) in [7, 11) is 1.28. The third kappa shape index (κ3) is 4.68. The van der Waals surface area contributed by atoms with E-state index in [0.717, 1.165) is 5.56 Å². The monoisotopic (exact) mass is 312 g/mol. The maximum Gasteiger partial charge on any atom is 0.351 e. The highest BCUT2D eigenvalue weighted by Crippen LogP contribution is 2.23. The number of hydrogen-bond acceptors (Lipinski definition) is 4. The van der Waals surface area contributed by atoms with Gasteiger partial charge in [0, 0.05) is 5.56 Å². The molecule has 4 heteroatoms. The second kappa shape index (κ2) is 8.13. The molecule has 0 N–H and O–H groups in total. The number of methoxy groups -OCH3 is 1. The first kappa shape index (κ1) is 16.7. The van der Waals surface area contributed by atoms with Crippen molar-refractivity contribution in [2.75, 3.05) is 7.11 Å². The predicted octanol–water partition coefficient (Wildman–Crippen LogP) is 3.64. The van der Waals surface area contributed by atoms with E-state index < -0.39 is 18.0 Å². The zero-order valence-corrected chi connectivity index (χ0v) is 13.3. The van der Waals surface area contributed by atoms with Crippen molar-refractivity contribution in [2.24, 2.45) is 0 Å². The standard InChI is InChI=1S/C19H20O4/c1-14(15-9-5-3-6-10-15)13-17(20)23-18(19(21)22-2)16-11-7-4-8-12-16/h3-12,14,18H,13H2,1-2H3/t14-,18-/m0/s1. The molecule has 2 atom stereocenters. The SMILES string of the molecule is COC(=O)[C@@H](OC(=O)C[C@H](C)c1ccccc1)c1ccccc1. The van der Waals surface area contributed by atoms with Crippen molar-refractivity contribution in [3.8, 4) is 0 Å². The topological polar surface area (TPSA) is 52.6 Å². The van der Waals surface area contributed by atoms with Gasteiger partial charge in [-0.3, -0.25) is 4.79 Å². The lowest BCUT2D eigenvalue weighted by atomic mass is 9.98. The summed E-state index contributed by atoms with van der Waals surface area (Å²) in [6, 6.07) is 18.6. The molecule has 23 heavy (non-hydrogen) atoms. The number of esters is 2. The number of carbonyl (C=O) groups is 2. The molecular formula is C19H20O4. The average Bonchev–Trinajstić information content (AvgIpc) is 2.60. The zero-order valence-electron chi connectivity index (χ0n) is 13.3. The molecule has 0 radical (unpaired) electrons. The lowest BCUT2D eigenvalue weighted by Crippen LogP contribution is -2.21. The van der Waals surface area contributed by atoms with Crippen molar-refractivity contribution < 1.29 is 19.1 Å². The van der Waals surface area contributed by atoms with E-state index in [1.807, 2.05) is 43.3 Å². The van der Waals surface area contributed by atoms with Crippen molar-refractivity contribution in [3.63, 3.8) is 0 Å². The molecule has 2 aromatic carbocycles. The van der Waals surface area contributed by atoms with Gasteiger partial charge in [0.1, 0.15) is 0 Å². The number of hydrogen-bond donors (Lipinski definition) is 0. The molecule has 0 saturated heterocycles. The molecule has 0 bridgehead atoms. The molecule has 0 aliphatic rings. The third-order valence-electron chi connectivity index (χ3n) is 3.61. The lowest BCUT2D eigenvalue weighted by Gasteiger charge is -2.17. The third-order valence-corrected chi connectivity index (χ3v) is 3.61. The number of ether oxygens (including phenoxy) is 2. The number of rotatable bonds is 6. The van der Waals surface area contributed by atoms with Crippen LogP contribution in [0.4, 0.5) is 0 Å². The average molecular weight is 312 g/mol. The van der Waals surface area contributed by atoms with Crippen molar-refractivity contribution in [3.05, 3.63) is 71.8 Å². The molecule has 0 spiro atoms. The Bertz CT molecular complexity index is 637. The first-order valence-electron chi connectivity index (χ1n) is 7.49. The molecule has 0 heterocycles. The second-order valence-corrected chi connectivity index (χ2v) is 5.32. The molecular weight excluding hydrogens is 292 g/mol. The number of carbonyl (C=O) groups excluding carboxylic acids is 2. The summed E-state index contributed by atoms with van der Waals surface area (Å²) in [6.45, 7) is 1.95. The van der Waals surface area contributed by atoms with E-state index in [2.05, 4.69) is 0 Å². The molecule has 0 aliphatic carbocycles. The highest BCUT2D eigenvalue weighted by Gasteiger charge is 2.26. The van der Waals surface area contributed by atoms with Gasteiger partial charge in [0.15, 0.2) is 0 Å². The summed E-state index contributed by atoms with van der Waals surface area (Å²) in [4.78, 5) is 24.1. The minimum atomic E-state index is -1.03. The van der Waals surface area contributed by atoms with Gasteiger partial charge in [-0.15, -0.1) is 0 Å². The van der Waals surface area contributed by atoms with E-state index >= 15 is 0 Å². The quantitative estimate of drug-likeness (QED) is 0.764. The predicted molar refractivity (Wildman–Crippen MR) is 86.8 cm³/mol. The minimum absolute atomic E-state index is 0.0118. The molecule has 2 aromatic rings. The summed E-state index contributed by atoms with van der Waals surface area (Å²) < 4.78 is 10.1. The van der Waals surface area contributed by atoms with Gasteiger partial charge in [-0.05, 0) is 11.5 Å². The summed E-state index contributed by atoms with van der Waals surface area (Å²) in [5.41, 5.74) is 1.65. The Morgan fingerprint density at radius 1 is 0.913 bits per heavy atom. The van der Waals surface area contributed by atoms with Crippen LogP contribution in [0.25, 0.3) is 0 Å². The fourth-order valence-corrected chi connectivity index (χ4v) is 2.32. The van der Waals surface area contributed by atoms with E-state index in [1.54, 1.807) is 24.3 Å². The van der Waals surface area contributed by atoms with Gasteiger partial charge in [-0.1, -0.05) is 67.6 Å². The largest absolute Gasteiger partial charge is 0.466 e. The Morgan fingerprint density at radius 3 is 1.96 bits per heavy atom. The lowest BCUT2D eigenvalue weighted by molar-refractivity contribution is -0.166. The summed E-state index contributed by atoms with van der Waals surface area (Å²) >= 11 is 0. The van der Waals surface area contributed by atoms with E-state index in [4.69, 9.17) is 9.47 Å².